The molecule has 3 aromatic carbocycles. The van der Waals surface area contributed by atoms with Crippen molar-refractivity contribution in [2.24, 2.45) is 0 Å². The predicted octanol–water partition coefficient (Wildman–Crippen LogP) is 3.81. The van der Waals surface area contributed by atoms with E-state index in [1.165, 1.54) is 12.1 Å². The number of hydrogen-bond donors (Lipinski definition) is 1. The molecular formula is C18H15N2O5S+. The van der Waals surface area contributed by atoms with E-state index < -0.39 is 10.1 Å². The highest BCUT2D eigenvalue weighted by Crippen LogP contribution is 2.39. The van der Waals surface area contributed by atoms with Gasteiger partial charge >= 0.3 is 5.69 Å². The van der Waals surface area contributed by atoms with Crippen molar-refractivity contribution in [2.45, 2.75) is 4.90 Å². The Morgan fingerprint density at radius 2 is 1.62 bits per heavy atom. The van der Waals surface area contributed by atoms with Crippen LogP contribution in [0.4, 0.5) is 5.69 Å². The van der Waals surface area contributed by atoms with Gasteiger partial charge in [-0.3, -0.25) is 4.18 Å². The maximum atomic E-state index is 12.6. The second kappa shape index (κ2) is 7.39. The van der Waals surface area contributed by atoms with Gasteiger partial charge in [0, 0.05) is 10.8 Å². The molecule has 0 unspecified atom stereocenters. The molecule has 0 heterocycles. The zero-order chi connectivity index (χ0) is 18.6. The third-order valence-electron chi connectivity index (χ3n) is 3.67. The normalized spacial score (nSPS) is 11.2. The van der Waals surface area contributed by atoms with Crippen LogP contribution < -0.4 is 4.74 Å². The van der Waals surface area contributed by atoms with E-state index in [2.05, 4.69) is 4.98 Å². The van der Waals surface area contributed by atoms with Crippen LogP contribution in [-0.2, 0) is 14.3 Å². The van der Waals surface area contributed by atoms with Crippen LogP contribution in [0.3, 0.4) is 0 Å². The van der Waals surface area contributed by atoms with E-state index in [1.54, 1.807) is 36.4 Å². The molecule has 0 aliphatic rings. The van der Waals surface area contributed by atoms with Gasteiger partial charge in [-0.1, -0.05) is 42.5 Å². The van der Waals surface area contributed by atoms with Crippen molar-refractivity contribution >= 4 is 26.6 Å². The molecule has 0 aliphatic heterocycles. The molecule has 0 aliphatic carbocycles. The number of rotatable bonds is 6. The molecule has 0 atom stereocenters. The fourth-order valence-corrected chi connectivity index (χ4v) is 3.60. The van der Waals surface area contributed by atoms with E-state index in [0.29, 0.717) is 5.75 Å². The average molecular weight is 371 g/mol. The summed E-state index contributed by atoms with van der Waals surface area (Å²) in [4.78, 5) is 2.74. The first-order chi connectivity index (χ1) is 12.5. The second-order valence-corrected chi connectivity index (χ2v) is 6.91. The van der Waals surface area contributed by atoms with Crippen molar-refractivity contribution in [1.82, 2.24) is 0 Å². The molecule has 7 nitrogen and oxygen atoms in total. The van der Waals surface area contributed by atoms with Crippen molar-refractivity contribution in [2.75, 3.05) is 13.2 Å². The second-order valence-electron chi connectivity index (χ2n) is 5.33. The van der Waals surface area contributed by atoms with Gasteiger partial charge in [-0.2, -0.15) is 8.42 Å². The Balaban J connectivity index is 1.83. The van der Waals surface area contributed by atoms with E-state index in [4.69, 9.17) is 14.3 Å². The summed E-state index contributed by atoms with van der Waals surface area (Å²) in [5, 5.41) is 19.6. The highest BCUT2D eigenvalue weighted by molar-refractivity contribution is 7.87. The van der Waals surface area contributed by atoms with Gasteiger partial charge in [0.1, 0.15) is 23.9 Å². The van der Waals surface area contributed by atoms with Gasteiger partial charge in [0.05, 0.1) is 6.07 Å². The van der Waals surface area contributed by atoms with Crippen molar-refractivity contribution < 1.29 is 22.4 Å². The molecule has 8 heteroatoms. The number of diazo groups is 1. The van der Waals surface area contributed by atoms with Gasteiger partial charge in [-0.15, -0.1) is 0 Å². The smallest absolute Gasteiger partial charge is 0.428 e. The van der Waals surface area contributed by atoms with Crippen molar-refractivity contribution in [3.05, 3.63) is 65.6 Å². The number of phenols is 1. The van der Waals surface area contributed by atoms with Gasteiger partial charge in [-0.05, 0) is 12.1 Å². The molecule has 132 valence electrons. The summed E-state index contributed by atoms with van der Waals surface area (Å²) in [5.74, 6) is 0.291. The van der Waals surface area contributed by atoms with Crippen LogP contribution in [0.25, 0.3) is 15.7 Å². The summed E-state index contributed by atoms with van der Waals surface area (Å²) in [6.07, 6.45) is 0. The number of para-hydroxylation sites is 1. The van der Waals surface area contributed by atoms with Crippen LogP contribution in [0, 0.1) is 5.39 Å². The number of fused-ring (bicyclic) bond motifs is 1. The van der Waals surface area contributed by atoms with Crippen molar-refractivity contribution in [3.63, 3.8) is 0 Å². The molecule has 0 saturated heterocycles. The average Bonchev–Trinajstić information content (AvgIpc) is 2.66. The zero-order valence-electron chi connectivity index (χ0n) is 13.6. The molecule has 0 amide bonds. The third-order valence-corrected chi connectivity index (χ3v) is 5.02. The van der Waals surface area contributed by atoms with E-state index in [-0.39, 0.29) is 40.3 Å². The Morgan fingerprint density at radius 3 is 2.31 bits per heavy atom. The number of phenolic OH excluding ortho intramolecular Hbond substituents is 1. The Hall–Kier alpha value is -3.15. The first kappa shape index (κ1) is 17.7. The molecule has 0 aromatic heterocycles. The summed E-state index contributed by atoms with van der Waals surface area (Å²) in [5.41, 5.74) is -0.258. The first-order valence-corrected chi connectivity index (χ1v) is 9.11. The lowest BCUT2D eigenvalue weighted by Crippen LogP contribution is -2.13. The lowest BCUT2D eigenvalue weighted by atomic mass is 10.1. The van der Waals surface area contributed by atoms with Gasteiger partial charge in [-0.25, -0.2) is 0 Å². The minimum absolute atomic E-state index is 0.0382. The Bertz CT molecular complexity index is 1080. The van der Waals surface area contributed by atoms with Crippen LogP contribution >= 0.6 is 0 Å². The summed E-state index contributed by atoms with van der Waals surface area (Å²) in [6, 6.07) is 16.3. The zero-order valence-corrected chi connectivity index (χ0v) is 14.4. The van der Waals surface area contributed by atoms with Crippen LogP contribution in [-0.4, -0.2) is 26.7 Å². The largest absolute Gasteiger partial charge is 0.501 e. The van der Waals surface area contributed by atoms with Crippen LogP contribution in [0.5, 0.6) is 11.5 Å². The number of benzene rings is 3. The van der Waals surface area contributed by atoms with Gasteiger partial charge in [0.25, 0.3) is 10.1 Å². The van der Waals surface area contributed by atoms with E-state index >= 15 is 0 Å². The Labute approximate surface area is 150 Å². The van der Waals surface area contributed by atoms with Crippen molar-refractivity contribution in [1.29, 1.82) is 5.39 Å². The molecule has 0 spiro atoms. The minimum atomic E-state index is -4.15. The van der Waals surface area contributed by atoms with Crippen LogP contribution in [0.15, 0.2) is 65.6 Å². The summed E-state index contributed by atoms with van der Waals surface area (Å²) in [7, 11) is -4.15. The fraction of sp³-hybridized carbons (Fsp3) is 0.111. The molecule has 0 saturated carbocycles. The molecule has 0 fully saturated rings. The van der Waals surface area contributed by atoms with Crippen LogP contribution in [0.1, 0.15) is 0 Å². The Morgan fingerprint density at radius 1 is 0.962 bits per heavy atom. The molecule has 0 bridgehead atoms. The molecule has 3 rings (SSSR count). The molecule has 0 radical (unpaired) electrons. The van der Waals surface area contributed by atoms with E-state index in [0.717, 1.165) is 6.07 Å². The Kier molecular flexibility index (Phi) is 5.02. The maximum Gasteiger partial charge on any atom is 0.428 e. The molecular weight excluding hydrogens is 356 g/mol. The number of nitrogens with zero attached hydrogens (tertiary/aromatic N) is 2. The number of hydrogen-bond acceptors (Lipinski definition) is 6. The highest BCUT2D eigenvalue weighted by Gasteiger charge is 2.27. The third kappa shape index (κ3) is 3.59. The molecule has 26 heavy (non-hydrogen) atoms. The SMILES string of the molecule is N#[N+]c1cc(S(=O)(=O)OCCOc2ccccc2)c2ccccc2c1O. The monoisotopic (exact) mass is 371 g/mol. The first-order valence-electron chi connectivity index (χ1n) is 7.70. The summed E-state index contributed by atoms with van der Waals surface area (Å²) in [6.45, 7) is -0.158. The maximum absolute atomic E-state index is 12.6. The quantitative estimate of drug-likeness (QED) is 0.402. The number of aromatic hydroxyl groups is 1. The molecule has 1 N–H and O–H groups in total. The number of ether oxygens (including phenoxy) is 1. The lowest BCUT2D eigenvalue weighted by molar-refractivity contribution is 0.221. The lowest BCUT2D eigenvalue weighted by Gasteiger charge is -2.09. The van der Waals surface area contributed by atoms with E-state index in [9.17, 15) is 13.5 Å². The molecule has 3 aromatic rings. The minimum Gasteiger partial charge on any atom is -0.501 e. The summed E-state index contributed by atoms with van der Waals surface area (Å²) < 4.78 is 35.5. The van der Waals surface area contributed by atoms with Gasteiger partial charge in [0.15, 0.2) is 4.98 Å². The van der Waals surface area contributed by atoms with Crippen LogP contribution in [0.2, 0.25) is 0 Å². The fourth-order valence-electron chi connectivity index (χ4n) is 2.48. The van der Waals surface area contributed by atoms with E-state index in [1.807, 2.05) is 6.07 Å². The highest BCUT2D eigenvalue weighted by atomic mass is 32.2. The van der Waals surface area contributed by atoms with Gasteiger partial charge in [0.2, 0.25) is 11.1 Å². The topological polar surface area (TPSA) is 101 Å². The standard InChI is InChI=1S/C18H14N2O5S/c19-20-16-12-17(14-8-4-5-9-15(14)18(16)21)26(22,23)25-11-10-24-13-6-2-1-3-7-13/h1-9,12H,10-11H2/p+1. The van der Waals surface area contributed by atoms with Gasteiger partial charge < -0.3 is 9.84 Å². The summed E-state index contributed by atoms with van der Waals surface area (Å²) >= 11 is 0. The van der Waals surface area contributed by atoms with Crippen molar-refractivity contribution in [3.8, 4) is 11.5 Å². The predicted molar refractivity (Wildman–Crippen MR) is 95.4 cm³/mol.